The molecule has 8 nitrogen and oxygen atoms in total. The maximum atomic E-state index is 13.2. The molecule has 0 bridgehead atoms. The molecule has 1 fully saturated rings. The second-order valence-corrected chi connectivity index (χ2v) is 8.06. The summed E-state index contributed by atoms with van der Waals surface area (Å²) in [7, 11) is 0. The van der Waals surface area contributed by atoms with Crippen molar-refractivity contribution in [2.24, 2.45) is 0 Å². The molecular formula is C20H21FN6O2S. The van der Waals surface area contributed by atoms with Crippen molar-refractivity contribution in [3.63, 3.8) is 0 Å². The summed E-state index contributed by atoms with van der Waals surface area (Å²) < 4.78 is 14.7. The number of hydrazine groups is 1. The number of rotatable bonds is 6. The van der Waals surface area contributed by atoms with E-state index in [-0.39, 0.29) is 41.8 Å². The molecule has 4 rings (SSSR count). The third-order valence-corrected chi connectivity index (χ3v) is 5.69. The average molecular weight is 428 g/mol. The van der Waals surface area contributed by atoms with E-state index in [1.807, 2.05) is 6.92 Å². The number of thioether (sulfide) groups is 1. The zero-order chi connectivity index (χ0) is 21.1. The molecule has 1 amide bonds. The van der Waals surface area contributed by atoms with E-state index in [0.717, 1.165) is 12.0 Å². The number of nitrogens with zero attached hydrogens (tertiary/aromatic N) is 3. The molecule has 1 aliphatic rings. The minimum Gasteiger partial charge on any atom is -0.339 e. The van der Waals surface area contributed by atoms with Gasteiger partial charge in [-0.15, -0.1) is 0 Å². The molecule has 2 unspecified atom stereocenters. The Hall–Kier alpha value is -2.82. The van der Waals surface area contributed by atoms with E-state index in [9.17, 15) is 14.0 Å². The fraction of sp³-hybridized carbons (Fsp3) is 0.300. The minimum atomic E-state index is -0.345. The molecule has 1 aliphatic heterocycles. The van der Waals surface area contributed by atoms with Crippen LogP contribution in [-0.4, -0.2) is 38.4 Å². The third-order valence-electron chi connectivity index (χ3n) is 4.71. The summed E-state index contributed by atoms with van der Waals surface area (Å²) >= 11 is 1.17. The number of hydrogen-bond acceptors (Lipinski definition) is 7. The Kier molecular flexibility index (Phi) is 6.07. The third kappa shape index (κ3) is 4.66. The number of hydrogen-bond donors (Lipinski definition) is 3. The summed E-state index contributed by atoms with van der Waals surface area (Å²) in [6.45, 7) is 2.24. The van der Waals surface area contributed by atoms with Crippen LogP contribution in [0.2, 0.25) is 0 Å². The van der Waals surface area contributed by atoms with Gasteiger partial charge in [-0.1, -0.05) is 23.9 Å². The van der Waals surface area contributed by atoms with Crippen LogP contribution in [0.1, 0.15) is 18.9 Å². The van der Waals surface area contributed by atoms with Crippen LogP contribution in [0.25, 0.3) is 11.0 Å². The van der Waals surface area contributed by atoms with E-state index in [4.69, 9.17) is 0 Å². The Morgan fingerprint density at radius 1 is 1.30 bits per heavy atom. The first-order valence-electron chi connectivity index (χ1n) is 9.53. The number of amides is 1. The molecule has 0 spiro atoms. The van der Waals surface area contributed by atoms with Crippen molar-refractivity contribution in [3.8, 4) is 0 Å². The Labute approximate surface area is 176 Å². The predicted octanol–water partition coefficient (Wildman–Crippen LogP) is 1.40. The summed E-state index contributed by atoms with van der Waals surface area (Å²) in [4.78, 5) is 34.1. The largest absolute Gasteiger partial charge is 0.339 e. The van der Waals surface area contributed by atoms with Gasteiger partial charge < -0.3 is 5.32 Å². The van der Waals surface area contributed by atoms with Crippen molar-refractivity contribution < 1.29 is 9.18 Å². The highest BCUT2D eigenvalue weighted by Gasteiger charge is 2.22. The summed E-state index contributed by atoms with van der Waals surface area (Å²) in [5.41, 5.74) is 6.90. The second-order valence-electron chi connectivity index (χ2n) is 7.12. The monoisotopic (exact) mass is 428 g/mol. The number of carbonyl (C=O) groups is 1. The number of aromatic nitrogens is 3. The summed E-state index contributed by atoms with van der Waals surface area (Å²) in [5, 5.41) is 3.68. The van der Waals surface area contributed by atoms with Crippen molar-refractivity contribution in [1.29, 1.82) is 0 Å². The van der Waals surface area contributed by atoms with Gasteiger partial charge in [0.15, 0.2) is 10.8 Å². The molecule has 3 aromatic rings. The van der Waals surface area contributed by atoms with Crippen LogP contribution in [0.15, 0.2) is 52.5 Å². The van der Waals surface area contributed by atoms with Gasteiger partial charge in [-0.05, 0) is 43.2 Å². The van der Waals surface area contributed by atoms with Crippen LogP contribution >= 0.6 is 11.8 Å². The molecular weight excluding hydrogens is 407 g/mol. The van der Waals surface area contributed by atoms with Crippen molar-refractivity contribution in [3.05, 3.63) is 64.3 Å². The highest BCUT2D eigenvalue weighted by molar-refractivity contribution is 7.99. The van der Waals surface area contributed by atoms with Gasteiger partial charge in [0.05, 0.1) is 23.8 Å². The van der Waals surface area contributed by atoms with Gasteiger partial charge in [0.1, 0.15) is 5.82 Å². The Morgan fingerprint density at radius 3 is 2.83 bits per heavy atom. The van der Waals surface area contributed by atoms with Crippen LogP contribution in [0.3, 0.4) is 0 Å². The highest BCUT2D eigenvalue weighted by Crippen LogP contribution is 2.18. The van der Waals surface area contributed by atoms with Gasteiger partial charge in [0.2, 0.25) is 5.91 Å². The van der Waals surface area contributed by atoms with Gasteiger partial charge in [-0.3, -0.25) is 19.6 Å². The topological polar surface area (TPSA) is 101 Å². The molecule has 1 aromatic carbocycles. The molecule has 0 aliphatic carbocycles. The van der Waals surface area contributed by atoms with Gasteiger partial charge in [-0.2, -0.15) is 0 Å². The molecule has 2 aromatic heterocycles. The fourth-order valence-electron chi connectivity index (χ4n) is 3.23. The zero-order valence-corrected chi connectivity index (χ0v) is 17.1. The highest BCUT2D eigenvalue weighted by atomic mass is 32.2. The maximum absolute atomic E-state index is 13.2. The minimum absolute atomic E-state index is 0.0980. The molecule has 2 atom stereocenters. The van der Waals surface area contributed by atoms with Gasteiger partial charge in [0, 0.05) is 12.2 Å². The van der Waals surface area contributed by atoms with E-state index in [2.05, 4.69) is 26.1 Å². The lowest BCUT2D eigenvalue weighted by Crippen LogP contribution is -2.45. The molecule has 3 heterocycles. The molecule has 0 saturated carbocycles. The van der Waals surface area contributed by atoms with Crippen molar-refractivity contribution in [2.45, 2.75) is 37.3 Å². The number of carbonyl (C=O) groups excluding carboxylic acids is 1. The lowest BCUT2D eigenvalue weighted by atomic mass is 10.2. The second kappa shape index (κ2) is 8.90. The normalized spacial score (nSPS) is 18.6. The number of halogens is 1. The molecule has 30 heavy (non-hydrogen) atoms. The summed E-state index contributed by atoms with van der Waals surface area (Å²) in [5.74, 6) is -0.416. The molecule has 156 valence electrons. The van der Waals surface area contributed by atoms with E-state index in [0.29, 0.717) is 16.2 Å². The molecule has 3 N–H and O–H groups in total. The standard InChI is InChI=1S/C20H21FN6O2S/c1-12-9-16(26-25-12)23-17(28)11-30-20-24-18-15(3-2-8-22-18)19(29)27(20)10-13-4-6-14(21)7-5-13/h2-8,12,16,25-26H,9-11H2,1H3,(H,23,28). The zero-order valence-electron chi connectivity index (χ0n) is 16.3. The summed E-state index contributed by atoms with van der Waals surface area (Å²) in [6, 6.07) is 9.56. The first kappa shape index (κ1) is 20.5. The van der Waals surface area contributed by atoms with Crippen molar-refractivity contribution in [1.82, 2.24) is 30.7 Å². The number of fused-ring (bicyclic) bond motifs is 1. The van der Waals surface area contributed by atoms with Crippen molar-refractivity contribution >= 4 is 28.7 Å². The number of pyridine rings is 1. The number of nitrogens with one attached hydrogen (secondary N) is 3. The molecule has 10 heteroatoms. The first-order valence-corrected chi connectivity index (χ1v) is 10.5. The van der Waals surface area contributed by atoms with E-state index >= 15 is 0 Å². The molecule has 0 radical (unpaired) electrons. The Bertz CT molecular complexity index is 1120. The maximum Gasteiger partial charge on any atom is 0.263 e. The van der Waals surface area contributed by atoms with Crippen LogP contribution < -0.4 is 21.7 Å². The SMILES string of the molecule is CC1CC(NC(=O)CSc2nc3ncccc3c(=O)n2Cc2ccc(F)cc2)NN1. The van der Waals surface area contributed by atoms with Crippen LogP contribution in [0.5, 0.6) is 0 Å². The Morgan fingerprint density at radius 2 is 2.10 bits per heavy atom. The van der Waals surface area contributed by atoms with Crippen LogP contribution in [0.4, 0.5) is 4.39 Å². The molecule has 1 saturated heterocycles. The van der Waals surface area contributed by atoms with E-state index in [1.54, 1.807) is 30.5 Å². The lowest BCUT2D eigenvalue weighted by Gasteiger charge is -2.14. The van der Waals surface area contributed by atoms with Gasteiger partial charge >= 0.3 is 0 Å². The average Bonchev–Trinajstić information content (AvgIpc) is 3.15. The quantitative estimate of drug-likeness (QED) is 0.403. The van der Waals surface area contributed by atoms with Crippen LogP contribution in [-0.2, 0) is 11.3 Å². The Balaban J connectivity index is 1.58. The van der Waals surface area contributed by atoms with Gasteiger partial charge in [-0.25, -0.2) is 19.8 Å². The van der Waals surface area contributed by atoms with Crippen molar-refractivity contribution in [2.75, 3.05) is 5.75 Å². The first-order chi connectivity index (χ1) is 14.5. The smallest absolute Gasteiger partial charge is 0.263 e. The van der Waals surface area contributed by atoms with E-state index < -0.39 is 0 Å². The lowest BCUT2D eigenvalue weighted by molar-refractivity contribution is -0.119. The van der Waals surface area contributed by atoms with Crippen LogP contribution in [0, 0.1) is 5.82 Å². The number of benzene rings is 1. The van der Waals surface area contributed by atoms with Gasteiger partial charge in [0.25, 0.3) is 5.56 Å². The summed E-state index contributed by atoms with van der Waals surface area (Å²) in [6.07, 6.45) is 2.21. The fourth-order valence-corrected chi connectivity index (χ4v) is 4.03. The predicted molar refractivity (Wildman–Crippen MR) is 112 cm³/mol. The van der Waals surface area contributed by atoms with E-state index in [1.165, 1.54) is 28.5 Å².